The highest BCUT2D eigenvalue weighted by Gasteiger charge is 2.28. The second-order valence-electron chi connectivity index (χ2n) is 6.80. The van der Waals surface area contributed by atoms with E-state index in [4.69, 9.17) is 14.2 Å². The first kappa shape index (κ1) is 23.4. The predicted molar refractivity (Wildman–Crippen MR) is 128 cm³/mol. The predicted octanol–water partition coefficient (Wildman–Crippen LogP) is 3.01. The largest absolute Gasteiger partial charge is 0.494 e. The normalized spacial score (nSPS) is 11.6. The molecule has 1 atom stereocenters. The third kappa shape index (κ3) is 4.77. The summed E-state index contributed by atoms with van der Waals surface area (Å²) in [4.78, 5) is 17.6. The maximum atomic E-state index is 13.2. The van der Waals surface area contributed by atoms with Gasteiger partial charge in [-0.2, -0.15) is 4.98 Å². The van der Waals surface area contributed by atoms with Crippen molar-refractivity contribution in [1.82, 2.24) is 24.5 Å². The second kappa shape index (κ2) is 10.4. The monoisotopic (exact) mass is 499 g/mol. The molecule has 0 saturated heterocycles. The molecule has 1 amide bonds. The minimum Gasteiger partial charge on any atom is -0.494 e. The van der Waals surface area contributed by atoms with Gasteiger partial charge in [-0.15, -0.1) is 10.2 Å². The van der Waals surface area contributed by atoms with E-state index in [2.05, 4.69) is 19.9 Å². The van der Waals surface area contributed by atoms with Gasteiger partial charge in [0.1, 0.15) is 33.9 Å². The fourth-order valence-corrected chi connectivity index (χ4v) is 4.71. The number of ether oxygens (including phenoxy) is 3. The van der Waals surface area contributed by atoms with Crippen LogP contribution < -0.4 is 18.9 Å². The van der Waals surface area contributed by atoms with Crippen molar-refractivity contribution in [1.29, 1.82) is 0 Å². The van der Waals surface area contributed by atoms with E-state index in [1.54, 1.807) is 23.6 Å². The van der Waals surface area contributed by atoms with Crippen molar-refractivity contribution in [3.63, 3.8) is 0 Å². The van der Waals surface area contributed by atoms with Crippen LogP contribution in [0.5, 0.6) is 16.7 Å². The highest BCUT2D eigenvalue weighted by Crippen LogP contribution is 2.37. The van der Waals surface area contributed by atoms with Crippen molar-refractivity contribution in [3.05, 3.63) is 65.3 Å². The summed E-state index contributed by atoms with van der Waals surface area (Å²) in [5.74, 6) is 0.467. The van der Waals surface area contributed by atoms with E-state index in [1.807, 2.05) is 30.3 Å². The smallest absolute Gasteiger partial charge is 0.301 e. The summed E-state index contributed by atoms with van der Waals surface area (Å²) in [5, 5.41) is 10.5. The summed E-state index contributed by atoms with van der Waals surface area (Å²) < 4.78 is 32.9. The molecule has 4 rings (SSSR count). The molecule has 2 aromatic carbocycles. The molecule has 4 aromatic rings. The molecule has 0 saturated carbocycles. The van der Waals surface area contributed by atoms with Crippen molar-refractivity contribution in [3.8, 4) is 33.9 Å². The Morgan fingerprint density at radius 2 is 1.71 bits per heavy atom. The van der Waals surface area contributed by atoms with E-state index < -0.39 is 16.9 Å². The summed E-state index contributed by atoms with van der Waals surface area (Å²) in [7, 11) is 2.83. The number of para-hydroxylation sites is 1. The Labute approximate surface area is 202 Å². The molecule has 1 N–H and O–H groups in total. The van der Waals surface area contributed by atoms with Crippen LogP contribution in [0.4, 0.5) is 0 Å². The zero-order valence-corrected chi connectivity index (χ0v) is 20.2. The zero-order chi connectivity index (χ0) is 24.1. The number of hydrogen-bond donors (Lipinski definition) is 1. The lowest BCUT2D eigenvalue weighted by atomic mass is 10.2. The average molecular weight is 500 g/mol. The minimum atomic E-state index is -1.69. The number of carbonyl (C=O) groups is 1. The van der Waals surface area contributed by atoms with E-state index in [0.717, 1.165) is 5.56 Å². The van der Waals surface area contributed by atoms with E-state index in [0.29, 0.717) is 28.1 Å². The van der Waals surface area contributed by atoms with Crippen LogP contribution in [0, 0.1) is 0 Å². The van der Waals surface area contributed by atoms with Crippen molar-refractivity contribution >= 4 is 28.2 Å². The van der Waals surface area contributed by atoms with Crippen molar-refractivity contribution < 1.29 is 23.2 Å². The Balaban J connectivity index is 1.78. The standard InChI is InChI=1S/C22H21N5O5S2/c1-30-16-10-7-11-17(31-2)18(16)27-19(15-12-33-22(23-15)32-3)24-25-20(27)21(28)26-34(29)13-14-8-5-4-6-9-14/h4-12H,13H2,1-3H3,(H,26,28). The SMILES string of the molecule is COc1nc(-c2nnc(C(=O)NS(=O)Cc3ccccc3)n2-c2c(OC)cccc2OC)cs1. The Hall–Kier alpha value is -3.77. The first-order valence-corrected chi connectivity index (χ1v) is 12.2. The van der Waals surface area contributed by atoms with Crippen LogP contribution in [0.25, 0.3) is 17.2 Å². The van der Waals surface area contributed by atoms with Crippen LogP contribution >= 0.6 is 11.3 Å². The average Bonchev–Trinajstić information content (AvgIpc) is 3.51. The lowest BCUT2D eigenvalue weighted by Crippen LogP contribution is -2.29. The number of nitrogens with one attached hydrogen (secondary N) is 1. The third-order valence-corrected chi connectivity index (χ3v) is 6.53. The first-order chi connectivity index (χ1) is 16.5. The van der Waals surface area contributed by atoms with E-state index >= 15 is 0 Å². The van der Waals surface area contributed by atoms with Gasteiger partial charge in [0.15, 0.2) is 5.82 Å². The first-order valence-electron chi connectivity index (χ1n) is 9.95. The summed E-state index contributed by atoms with van der Waals surface area (Å²) in [6.45, 7) is 0. The fraction of sp³-hybridized carbons (Fsp3) is 0.182. The molecule has 0 aliphatic heterocycles. The van der Waals surface area contributed by atoms with Crippen LogP contribution in [0.2, 0.25) is 0 Å². The molecule has 34 heavy (non-hydrogen) atoms. The minimum absolute atomic E-state index is 0.105. The van der Waals surface area contributed by atoms with E-state index in [9.17, 15) is 9.00 Å². The maximum Gasteiger partial charge on any atom is 0.301 e. The third-order valence-electron chi connectivity index (χ3n) is 4.73. The maximum absolute atomic E-state index is 13.2. The lowest BCUT2D eigenvalue weighted by Gasteiger charge is -2.16. The van der Waals surface area contributed by atoms with Gasteiger partial charge in [-0.05, 0) is 17.7 Å². The molecule has 176 valence electrons. The Bertz CT molecular complexity index is 1300. The van der Waals surface area contributed by atoms with Crippen molar-refractivity contribution in [2.45, 2.75) is 5.75 Å². The summed E-state index contributed by atoms with van der Waals surface area (Å²) >= 11 is 1.27. The molecule has 0 fully saturated rings. The van der Waals surface area contributed by atoms with Gasteiger partial charge in [-0.25, -0.2) is 4.21 Å². The number of carbonyl (C=O) groups excluding carboxylic acids is 1. The molecule has 0 aliphatic carbocycles. The highest BCUT2D eigenvalue weighted by molar-refractivity contribution is 7.82. The van der Waals surface area contributed by atoms with Gasteiger partial charge in [0, 0.05) is 5.38 Å². The van der Waals surface area contributed by atoms with Gasteiger partial charge >= 0.3 is 5.91 Å². The molecule has 0 aliphatic rings. The summed E-state index contributed by atoms with van der Waals surface area (Å²) in [6.07, 6.45) is 0. The molecule has 0 spiro atoms. The highest BCUT2D eigenvalue weighted by atomic mass is 32.2. The van der Waals surface area contributed by atoms with Crippen LogP contribution in [0.1, 0.15) is 16.2 Å². The summed E-state index contributed by atoms with van der Waals surface area (Å²) in [5.41, 5.74) is 1.66. The molecule has 2 heterocycles. The van der Waals surface area contributed by atoms with Crippen LogP contribution in [0.15, 0.2) is 53.9 Å². The molecule has 0 bridgehead atoms. The van der Waals surface area contributed by atoms with E-state index in [-0.39, 0.29) is 17.4 Å². The Kier molecular flexibility index (Phi) is 7.18. The van der Waals surface area contributed by atoms with Crippen molar-refractivity contribution in [2.24, 2.45) is 0 Å². The molecular formula is C22H21N5O5S2. The molecule has 12 heteroatoms. The van der Waals surface area contributed by atoms with Gasteiger partial charge in [0.25, 0.3) is 5.19 Å². The quantitative estimate of drug-likeness (QED) is 0.373. The number of methoxy groups -OCH3 is 3. The molecule has 2 aromatic heterocycles. The molecule has 1 unspecified atom stereocenters. The van der Waals surface area contributed by atoms with Gasteiger partial charge < -0.3 is 14.2 Å². The number of rotatable bonds is 9. The van der Waals surface area contributed by atoms with E-state index in [1.165, 1.54) is 37.2 Å². The Morgan fingerprint density at radius 3 is 2.32 bits per heavy atom. The number of hydrogen-bond acceptors (Lipinski definition) is 9. The topological polar surface area (TPSA) is 117 Å². The number of thiazole rings is 1. The van der Waals surface area contributed by atoms with Crippen molar-refractivity contribution in [2.75, 3.05) is 21.3 Å². The molecule has 10 nitrogen and oxygen atoms in total. The van der Waals surface area contributed by atoms with Crippen LogP contribution in [-0.2, 0) is 16.7 Å². The number of benzene rings is 2. The number of amides is 1. The van der Waals surface area contributed by atoms with Gasteiger partial charge in [-0.3, -0.25) is 14.1 Å². The van der Waals surface area contributed by atoms with Gasteiger partial charge in [0.2, 0.25) is 5.82 Å². The molecule has 0 radical (unpaired) electrons. The van der Waals surface area contributed by atoms with Crippen LogP contribution in [-0.4, -0.2) is 51.2 Å². The number of aromatic nitrogens is 4. The van der Waals surface area contributed by atoms with Gasteiger partial charge in [0.05, 0.1) is 27.1 Å². The molecular weight excluding hydrogens is 478 g/mol. The summed E-state index contributed by atoms with van der Waals surface area (Å²) in [6, 6.07) is 14.4. The van der Waals surface area contributed by atoms with Crippen LogP contribution in [0.3, 0.4) is 0 Å². The zero-order valence-electron chi connectivity index (χ0n) is 18.5. The lowest BCUT2D eigenvalue weighted by molar-refractivity contribution is 0.0971. The Morgan fingerprint density at radius 1 is 1.00 bits per heavy atom. The number of nitrogens with zero attached hydrogens (tertiary/aromatic N) is 4. The van der Waals surface area contributed by atoms with Gasteiger partial charge in [-0.1, -0.05) is 47.7 Å². The second-order valence-corrected chi connectivity index (χ2v) is 8.81. The fourth-order valence-electron chi connectivity index (χ4n) is 3.23.